The Labute approximate surface area is 131 Å². The molecule has 0 saturated heterocycles. The number of amides is 2. The van der Waals surface area contributed by atoms with Crippen LogP contribution in [0, 0.1) is 0 Å². The van der Waals surface area contributed by atoms with Gasteiger partial charge >= 0.3 is 0 Å². The second kappa shape index (κ2) is 7.61. The lowest BCUT2D eigenvalue weighted by Crippen LogP contribution is -2.43. The molecule has 20 heavy (non-hydrogen) atoms. The Hall–Kier alpha value is -1.11. The van der Waals surface area contributed by atoms with Gasteiger partial charge in [-0.1, -0.05) is 27.5 Å². The lowest BCUT2D eigenvalue weighted by Gasteiger charge is -2.24. The minimum Gasteiger partial charge on any atom is -0.369 e. The largest absolute Gasteiger partial charge is 0.369 e. The molecule has 0 aliphatic heterocycles. The van der Waals surface area contributed by atoms with Crippen LogP contribution in [0.1, 0.15) is 13.8 Å². The van der Waals surface area contributed by atoms with E-state index in [2.05, 4.69) is 21.2 Å². The predicted molar refractivity (Wildman–Crippen MR) is 83.7 cm³/mol. The molecular weight excluding hydrogens is 346 g/mol. The molecule has 0 aliphatic carbocycles. The number of nitrogens with zero attached hydrogens (tertiary/aromatic N) is 1. The summed E-state index contributed by atoms with van der Waals surface area (Å²) in [5, 5.41) is 3.15. The van der Waals surface area contributed by atoms with Gasteiger partial charge in [0.05, 0.1) is 23.8 Å². The van der Waals surface area contributed by atoms with E-state index < -0.39 is 5.91 Å². The number of rotatable bonds is 6. The fourth-order valence-electron chi connectivity index (χ4n) is 1.59. The molecule has 110 valence electrons. The lowest BCUT2D eigenvalue weighted by molar-refractivity contribution is -0.121. The first-order valence-electron chi connectivity index (χ1n) is 6.07. The van der Waals surface area contributed by atoms with Crippen LogP contribution in [-0.4, -0.2) is 35.8 Å². The molecule has 1 aromatic carbocycles. The Bertz CT molecular complexity index is 508. The standard InChI is InChI=1S/C13H17BrClN3O2/c1-8(2)18(6-12(16)19)7-13(20)17-11-4-3-9(14)5-10(11)15/h3-5,8H,6-7H2,1-2H3,(H2,16,19)(H,17,20). The van der Waals surface area contributed by atoms with Crippen molar-refractivity contribution in [3.63, 3.8) is 0 Å². The minimum absolute atomic E-state index is 0.0358. The van der Waals surface area contributed by atoms with Crippen LogP contribution in [0.4, 0.5) is 5.69 Å². The summed E-state index contributed by atoms with van der Waals surface area (Å²) in [7, 11) is 0. The SMILES string of the molecule is CC(C)N(CC(N)=O)CC(=O)Nc1ccc(Br)cc1Cl. The molecule has 0 unspecified atom stereocenters. The number of primary amides is 1. The van der Waals surface area contributed by atoms with Gasteiger partial charge in [0.2, 0.25) is 11.8 Å². The molecular formula is C13H17BrClN3O2. The van der Waals surface area contributed by atoms with Gasteiger partial charge in [-0.25, -0.2) is 0 Å². The summed E-state index contributed by atoms with van der Waals surface area (Å²) < 4.78 is 0.832. The Balaban J connectivity index is 2.68. The van der Waals surface area contributed by atoms with Crippen molar-refractivity contribution in [3.8, 4) is 0 Å². The molecule has 0 saturated carbocycles. The summed E-state index contributed by atoms with van der Waals surface area (Å²) >= 11 is 9.32. The number of halogens is 2. The van der Waals surface area contributed by atoms with Gasteiger partial charge in [-0.2, -0.15) is 0 Å². The van der Waals surface area contributed by atoms with Crippen LogP contribution in [0.25, 0.3) is 0 Å². The van der Waals surface area contributed by atoms with Gasteiger partial charge in [-0.15, -0.1) is 0 Å². The van der Waals surface area contributed by atoms with Crippen molar-refractivity contribution in [1.82, 2.24) is 4.90 Å². The van der Waals surface area contributed by atoms with Gasteiger partial charge in [0.15, 0.2) is 0 Å². The first kappa shape index (κ1) is 16.9. The van der Waals surface area contributed by atoms with E-state index in [1.165, 1.54) is 0 Å². The van der Waals surface area contributed by atoms with Crippen LogP contribution in [0.2, 0.25) is 5.02 Å². The van der Waals surface area contributed by atoms with Crippen molar-refractivity contribution in [3.05, 3.63) is 27.7 Å². The zero-order valence-electron chi connectivity index (χ0n) is 11.3. The zero-order valence-corrected chi connectivity index (χ0v) is 13.7. The van der Waals surface area contributed by atoms with Gasteiger partial charge in [-0.3, -0.25) is 14.5 Å². The summed E-state index contributed by atoms with van der Waals surface area (Å²) in [5.74, 6) is -0.711. The molecule has 3 N–H and O–H groups in total. The molecule has 0 radical (unpaired) electrons. The predicted octanol–water partition coefficient (Wildman–Crippen LogP) is 2.24. The lowest BCUT2D eigenvalue weighted by atomic mass is 10.3. The smallest absolute Gasteiger partial charge is 0.238 e. The quantitative estimate of drug-likeness (QED) is 0.815. The Morgan fingerprint density at radius 3 is 2.55 bits per heavy atom. The first-order valence-corrected chi connectivity index (χ1v) is 7.24. The Morgan fingerprint density at radius 2 is 2.05 bits per heavy atom. The molecule has 0 atom stereocenters. The van der Waals surface area contributed by atoms with Crippen LogP contribution >= 0.6 is 27.5 Å². The number of nitrogens with two attached hydrogens (primary N) is 1. The number of benzene rings is 1. The first-order chi connectivity index (χ1) is 9.29. The van der Waals surface area contributed by atoms with Crippen molar-refractivity contribution >= 4 is 45.0 Å². The van der Waals surface area contributed by atoms with Gasteiger partial charge < -0.3 is 11.1 Å². The maximum Gasteiger partial charge on any atom is 0.238 e. The Morgan fingerprint density at radius 1 is 1.40 bits per heavy atom. The highest BCUT2D eigenvalue weighted by Crippen LogP contribution is 2.25. The molecule has 5 nitrogen and oxygen atoms in total. The third-order valence-corrected chi connectivity index (χ3v) is 3.45. The summed E-state index contributed by atoms with van der Waals surface area (Å²) in [6.07, 6.45) is 0. The summed E-state index contributed by atoms with van der Waals surface area (Å²) in [6, 6.07) is 5.22. The molecule has 0 heterocycles. The molecule has 0 aliphatic rings. The van der Waals surface area contributed by atoms with E-state index in [1.807, 2.05) is 13.8 Å². The normalized spacial score (nSPS) is 10.9. The second-order valence-electron chi connectivity index (χ2n) is 4.64. The fourth-order valence-corrected chi connectivity index (χ4v) is 2.31. The van der Waals surface area contributed by atoms with Gasteiger partial charge in [0, 0.05) is 10.5 Å². The number of hydrogen-bond donors (Lipinski definition) is 2. The highest BCUT2D eigenvalue weighted by Gasteiger charge is 2.16. The Kier molecular flexibility index (Phi) is 6.45. The maximum absolute atomic E-state index is 12.0. The average molecular weight is 363 g/mol. The third kappa shape index (κ3) is 5.48. The number of carbonyl (C=O) groups is 2. The van der Waals surface area contributed by atoms with Crippen molar-refractivity contribution in [1.29, 1.82) is 0 Å². The van der Waals surface area contributed by atoms with Crippen molar-refractivity contribution < 1.29 is 9.59 Å². The van der Waals surface area contributed by atoms with E-state index in [1.54, 1.807) is 23.1 Å². The molecule has 1 rings (SSSR count). The van der Waals surface area contributed by atoms with E-state index in [4.69, 9.17) is 17.3 Å². The van der Waals surface area contributed by atoms with Crippen molar-refractivity contribution in [2.24, 2.45) is 5.73 Å². The van der Waals surface area contributed by atoms with Crippen molar-refractivity contribution in [2.45, 2.75) is 19.9 Å². The summed E-state index contributed by atoms with van der Waals surface area (Å²) in [4.78, 5) is 24.6. The minimum atomic E-state index is -0.465. The highest BCUT2D eigenvalue weighted by atomic mass is 79.9. The fraction of sp³-hybridized carbons (Fsp3) is 0.385. The summed E-state index contributed by atoms with van der Waals surface area (Å²) in [6.45, 7) is 3.90. The molecule has 7 heteroatoms. The molecule has 0 fully saturated rings. The topological polar surface area (TPSA) is 75.4 Å². The zero-order chi connectivity index (χ0) is 15.3. The number of carbonyl (C=O) groups excluding carboxylic acids is 2. The average Bonchev–Trinajstić information content (AvgIpc) is 2.31. The number of nitrogens with one attached hydrogen (secondary N) is 1. The van der Waals surface area contributed by atoms with Crippen LogP contribution in [0.15, 0.2) is 22.7 Å². The second-order valence-corrected chi connectivity index (χ2v) is 5.96. The maximum atomic E-state index is 12.0. The van der Waals surface area contributed by atoms with Crippen LogP contribution in [-0.2, 0) is 9.59 Å². The number of hydrogen-bond acceptors (Lipinski definition) is 3. The third-order valence-electron chi connectivity index (χ3n) is 2.64. The highest BCUT2D eigenvalue weighted by molar-refractivity contribution is 9.10. The molecule has 0 bridgehead atoms. The molecule has 0 spiro atoms. The van der Waals surface area contributed by atoms with E-state index in [9.17, 15) is 9.59 Å². The molecule has 2 amide bonds. The van der Waals surface area contributed by atoms with E-state index >= 15 is 0 Å². The summed E-state index contributed by atoms with van der Waals surface area (Å²) in [5.41, 5.74) is 5.69. The van der Waals surface area contributed by atoms with E-state index in [0.717, 1.165) is 4.47 Å². The number of anilines is 1. The monoisotopic (exact) mass is 361 g/mol. The van der Waals surface area contributed by atoms with E-state index in [0.29, 0.717) is 10.7 Å². The van der Waals surface area contributed by atoms with Gasteiger partial charge in [0.25, 0.3) is 0 Å². The van der Waals surface area contributed by atoms with Crippen LogP contribution in [0.5, 0.6) is 0 Å². The molecule has 0 aromatic heterocycles. The van der Waals surface area contributed by atoms with Crippen LogP contribution in [0.3, 0.4) is 0 Å². The van der Waals surface area contributed by atoms with Gasteiger partial charge in [0.1, 0.15) is 0 Å². The van der Waals surface area contributed by atoms with Crippen molar-refractivity contribution in [2.75, 3.05) is 18.4 Å². The molecule has 1 aromatic rings. The van der Waals surface area contributed by atoms with Gasteiger partial charge in [-0.05, 0) is 32.0 Å². The van der Waals surface area contributed by atoms with Crippen LogP contribution < -0.4 is 11.1 Å². The van der Waals surface area contributed by atoms with E-state index in [-0.39, 0.29) is 25.0 Å².